The third-order valence-corrected chi connectivity index (χ3v) is 6.08. The summed E-state index contributed by atoms with van der Waals surface area (Å²) in [5.74, 6) is -1.16. The molecule has 0 unspecified atom stereocenters. The molecule has 0 saturated carbocycles. The van der Waals surface area contributed by atoms with Crippen LogP contribution in [0.25, 0.3) is 0 Å². The zero-order valence-electron chi connectivity index (χ0n) is 16.6. The summed E-state index contributed by atoms with van der Waals surface area (Å²) in [6.07, 6.45) is 3.92. The van der Waals surface area contributed by atoms with Gasteiger partial charge in [-0.15, -0.1) is 10.2 Å². The third-order valence-electron chi connectivity index (χ3n) is 6.08. The normalized spacial score (nSPS) is 29.0. The second-order valence-corrected chi connectivity index (χ2v) is 7.94. The molecule has 2 amide bonds. The van der Waals surface area contributed by atoms with Gasteiger partial charge in [0.05, 0.1) is 31.0 Å². The minimum Gasteiger partial charge on any atom is -0.423 e. The maximum Gasteiger partial charge on any atom is 0.235 e. The molecule has 0 aliphatic carbocycles. The number of benzene rings is 1. The predicted molar refractivity (Wildman–Crippen MR) is 103 cm³/mol. The van der Waals surface area contributed by atoms with E-state index in [4.69, 9.17) is 9.15 Å². The molecular formula is C21H21FN4O4. The summed E-state index contributed by atoms with van der Waals surface area (Å²) in [5, 5.41) is 7.88. The first-order chi connectivity index (χ1) is 14.4. The molecule has 4 heterocycles. The molecule has 30 heavy (non-hydrogen) atoms. The minimum absolute atomic E-state index is 0.161. The Morgan fingerprint density at radius 1 is 1.30 bits per heavy atom. The second kappa shape index (κ2) is 6.73. The van der Waals surface area contributed by atoms with Gasteiger partial charge >= 0.3 is 0 Å². The third kappa shape index (κ3) is 2.76. The molecule has 8 nitrogen and oxygen atoms in total. The van der Waals surface area contributed by atoms with Crippen molar-refractivity contribution in [2.24, 2.45) is 11.8 Å². The van der Waals surface area contributed by atoms with Gasteiger partial charge in [-0.05, 0) is 24.3 Å². The van der Waals surface area contributed by atoms with Crippen LogP contribution in [0.5, 0.6) is 0 Å². The van der Waals surface area contributed by atoms with E-state index in [0.717, 1.165) is 0 Å². The van der Waals surface area contributed by atoms with Crippen molar-refractivity contribution in [2.75, 3.05) is 18.5 Å². The number of anilines is 1. The van der Waals surface area contributed by atoms with Gasteiger partial charge in [-0.25, -0.2) is 4.39 Å². The minimum atomic E-state index is -0.836. The first-order valence-corrected chi connectivity index (χ1v) is 9.92. The standard InChI is InChI=1S/C21H21FN4O4/c1-3-15-23-24-16(29-15)10-25(2)19(27)17-14-8-9-21(30-14)11-26(20(28)18(17)21)13-6-4-12(22)5-7-13/h4-9,14,17-18H,3,10-11H2,1-2H3/t14-,17-,18-,21-/m0/s1. The van der Waals surface area contributed by atoms with Crippen LogP contribution in [-0.4, -0.2) is 52.2 Å². The summed E-state index contributed by atoms with van der Waals surface area (Å²) < 4.78 is 24.9. The molecule has 3 aliphatic heterocycles. The van der Waals surface area contributed by atoms with Gasteiger partial charge in [0.2, 0.25) is 23.6 Å². The van der Waals surface area contributed by atoms with Crippen LogP contribution >= 0.6 is 0 Å². The molecule has 2 bridgehead atoms. The monoisotopic (exact) mass is 412 g/mol. The molecule has 2 aromatic rings. The molecule has 0 radical (unpaired) electrons. The highest BCUT2D eigenvalue weighted by Crippen LogP contribution is 2.53. The van der Waals surface area contributed by atoms with Gasteiger partial charge in [-0.1, -0.05) is 19.1 Å². The number of ether oxygens (including phenoxy) is 1. The van der Waals surface area contributed by atoms with Gasteiger partial charge in [0.1, 0.15) is 11.4 Å². The average Bonchev–Trinajstić information content (AvgIpc) is 3.49. The first-order valence-electron chi connectivity index (χ1n) is 9.92. The van der Waals surface area contributed by atoms with Crippen LogP contribution in [0.2, 0.25) is 0 Å². The zero-order valence-corrected chi connectivity index (χ0v) is 16.6. The Balaban J connectivity index is 1.39. The van der Waals surface area contributed by atoms with E-state index in [2.05, 4.69) is 10.2 Å². The number of hydrogen-bond acceptors (Lipinski definition) is 6. The predicted octanol–water partition coefficient (Wildman–Crippen LogP) is 1.72. The average molecular weight is 412 g/mol. The topological polar surface area (TPSA) is 88.8 Å². The number of halogens is 1. The molecule has 3 aliphatic rings. The van der Waals surface area contributed by atoms with Gasteiger partial charge in [-0.2, -0.15) is 0 Å². The summed E-state index contributed by atoms with van der Waals surface area (Å²) in [7, 11) is 1.65. The fourth-order valence-corrected chi connectivity index (χ4v) is 4.65. The Kier molecular flexibility index (Phi) is 4.25. The van der Waals surface area contributed by atoms with Gasteiger partial charge in [0, 0.05) is 19.2 Å². The first kappa shape index (κ1) is 18.9. The maximum atomic E-state index is 13.3. The van der Waals surface area contributed by atoms with Crippen molar-refractivity contribution in [1.29, 1.82) is 0 Å². The summed E-state index contributed by atoms with van der Waals surface area (Å²) in [4.78, 5) is 29.7. The fraction of sp³-hybridized carbons (Fsp3) is 0.429. The highest BCUT2D eigenvalue weighted by atomic mass is 19.1. The molecule has 9 heteroatoms. The van der Waals surface area contributed by atoms with Crippen molar-refractivity contribution in [3.8, 4) is 0 Å². The quantitative estimate of drug-likeness (QED) is 0.695. The van der Waals surface area contributed by atoms with Gasteiger partial charge < -0.3 is 19.0 Å². The summed E-state index contributed by atoms with van der Waals surface area (Å²) >= 11 is 0. The lowest BCUT2D eigenvalue weighted by Gasteiger charge is -2.27. The Morgan fingerprint density at radius 3 is 2.73 bits per heavy atom. The van der Waals surface area contributed by atoms with Crippen LogP contribution in [0.3, 0.4) is 0 Å². The van der Waals surface area contributed by atoms with Crippen molar-refractivity contribution < 1.29 is 23.1 Å². The number of rotatable bonds is 5. The summed E-state index contributed by atoms with van der Waals surface area (Å²) in [5.41, 5.74) is -0.250. The molecule has 1 spiro atoms. The van der Waals surface area contributed by atoms with E-state index in [0.29, 0.717) is 30.4 Å². The van der Waals surface area contributed by atoms with Gasteiger partial charge in [0.15, 0.2) is 0 Å². The number of fused-ring (bicyclic) bond motifs is 1. The van der Waals surface area contributed by atoms with Gasteiger partial charge in [-0.3, -0.25) is 9.59 Å². The number of nitrogens with zero attached hydrogens (tertiary/aromatic N) is 4. The lowest BCUT2D eigenvalue weighted by Crippen LogP contribution is -2.44. The van der Waals surface area contributed by atoms with Crippen molar-refractivity contribution in [3.63, 3.8) is 0 Å². The summed E-state index contributed by atoms with van der Waals surface area (Å²) in [6, 6.07) is 5.75. The number of aromatic nitrogens is 2. The molecular weight excluding hydrogens is 391 g/mol. The van der Waals surface area contributed by atoms with E-state index in [-0.39, 0.29) is 24.2 Å². The van der Waals surface area contributed by atoms with E-state index in [9.17, 15) is 14.0 Å². The fourth-order valence-electron chi connectivity index (χ4n) is 4.65. The number of carbonyl (C=O) groups excluding carboxylic acids is 2. The van der Waals surface area contributed by atoms with E-state index < -0.39 is 23.5 Å². The molecule has 2 fully saturated rings. The highest BCUT2D eigenvalue weighted by Gasteiger charge is 2.67. The van der Waals surface area contributed by atoms with Crippen LogP contribution in [0.4, 0.5) is 10.1 Å². The van der Waals surface area contributed by atoms with Crippen LogP contribution in [0, 0.1) is 17.7 Å². The van der Waals surface area contributed by atoms with Crippen molar-refractivity contribution in [1.82, 2.24) is 15.1 Å². The van der Waals surface area contributed by atoms with E-state index >= 15 is 0 Å². The molecule has 4 atom stereocenters. The van der Waals surface area contributed by atoms with Crippen LogP contribution in [0.1, 0.15) is 18.7 Å². The molecule has 156 valence electrons. The SMILES string of the molecule is CCc1nnc(CN(C)C(=O)[C@H]2[C@@H]3C=C[C@@]4(CN(c5ccc(F)cc5)C(=O)[C@H]24)O3)o1. The Labute approximate surface area is 172 Å². The Morgan fingerprint density at radius 2 is 2.03 bits per heavy atom. The maximum absolute atomic E-state index is 13.3. The van der Waals surface area contributed by atoms with Crippen molar-refractivity contribution >= 4 is 17.5 Å². The van der Waals surface area contributed by atoms with Crippen LogP contribution < -0.4 is 4.90 Å². The molecule has 2 saturated heterocycles. The number of carbonyl (C=O) groups is 2. The van der Waals surface area contributed by atoms with E-state index in [1.807, 2.05) is 19.1 Å². The molecule has 1 aromatic heterocycles. The molecule has 1 aromatic carbocycles. The van der Waals surface area contributed by atoms with Crippen LogP contribution in [-0.2, 0) is 27.3 Å². The summed E-state index contributed by atoms with van der Waals surface area (Å²) in [6.45, 7) is 2.36. The van der Waals surface area contributed by atoms with Crippen LogP contribution in [0.15, 0.2) is 40.8 Å². The number of aryl methyl sites for hydroxylation is 1. The zero-order chi connectivity index (χ0) is 21.0. The number of hydrogen-bond donors (Lipinski definition) is 0. The number of amides is 2. The molecule has 5 rings (SSSR count). The van der Waals surface area contributed by atoms with E-state index in [1.54, 1.807) is 24.1 Å². The van der Waals surface area contributed by atoms with Gasteiger partial charge in [0.25, 0.3) is 0 Å². The largest absolute Gasteiger partial charge is 0.423 e. The second-order valence-electron chi connectivity index (χ2n) is 7.94. The van der Waals surface area contributed by atoms with Crippen molar-refractivity contribution in [2.45, 2.75) is 31.6 Å². The smallest absolute Gasteiger partial charge is 0.235 e. The molecule has 0 N–H and O–H groups in total. The Bertz CT molecular complexity index is 1040. The van der Waals surface area contributed by atoms with E-state index in [1.165, 1.54) is 17.0 Å². The Hall–Kier alpha value is -3.07. The lowest BCUT2D eigenvalue weighted by atomic mass is 9.76. The lowest BCUT2D eigenvalue weighted by molar-refractivity contribution is -0.139. The van der Waals surface area contributed by atoms with Crippen molar-refractivity contribution in [3.05, 3.63) is 54.0 Å². The highest BCUT2D eigenvalue weighted by molar-refractivity contribution is 6.03.